The largest absolute Gasteiger partial charge is 0.573 e. The van der Waals surface area contributed by atoms with Crippen LogP contribution < -0.4 is 20.1 Å². The number of rotatable bonds is 6. The summed E-state index contributed by atoms with van der Waals surface area (Å²) in [5.74, 6) is 0.400. The van der Waals surface area contributed by atoms with Gasteiger partial charge in [-0.3, -0.25) is 0 Å². The number of carbonyl (C=O) groups excluding carboxylic acids is 1. The minimum Gasteiger partial charge on any atom is -0.437 e. The Morgan fingerprint density at radius 3 is 2.47 bits per heavy atom. The van der Waals surface area contributed by atoms with Crippen molar-refractivity contribution in [2.24, 2.45) is 0 Å². The van der Waals surface area contributed by atoms with Gasteiger partial charge >= 0.3 is 12.4 Å². The monoisotopic (exact) mass is 417 g/mol. The molecule has 0 fully saturated rings. The van der Waals surface area contributed by atoms with E-state index in [9.17, 15) is 18.0 Å². The lowest BCUT2D eigenvalue weighted by molar-refractivity contribution is -0.274. The van der Waals surface area contributed by atoms with Gasteiger partial charge in [-0.1, -0.05) is 19.1 Å². The molecular formula is C21H18F3N3O3. The number of aromatic nitrogens is 1. The van der Waals surface area contributed by atoms with Crippen molar-refractivity contribution in [2.75, 3.05) is 10.6 Å². The van der Waals surface area contributed by atoms with Crippen LogP contribution in [0.25, 0.3) is 0 Å². The number of nitrogens with zero attached hydrogens (tertiary/aromatic N) is 1. The fourth-order valence-electron chi connectivity index (χ4n) is 2.53. The number of hydrogen-bond acceptors (Lipinski definition) is 4. The Kier molecular flexibility index (Phi) is 6.41. The molecule has 0 radical (unpaired) electrons. The number of hydrogen-bond donors (Lipinski definition) is 2. The molecule has 0 bridgehead atoms. The lowest BCUT2D eigenvalue weighted by Crippen LogP contribution is -2.20. The van der Waals surface area contributed by atoms with Crippen molar-refractivity contribution in [3.05, 3.63) is 72.4 Å². The van der Waals surface area contributed by atoms with E-state index in [-0.39, 0.29) is 17.3 Å². The van der Waals surface area contributed by atoms with Gasteiger partial charge in [-0.25, -0.2) is 9.78 Å². The Bertz CT molecular complexity index is 1010. The maximum Gasteiger partial charge on any atom is 0.573 e. The average molecular weight is 417 g/mol. The van der Waals surface area contributed by atoms with Crippen LogP contribution in [0.2, 0.25) is 0 Å². The topological polar surface area (TPSA) is 72.5 Å². The van der Waals surface area contributed by atoms with Gasteiger partial charge in [-0.05, 0) is 60.5 Å². The SMILES string of the molecule is CCc1cccc(Oc2ncccc2NC(=O)Nc2ccc(OC(F)(F)F)cc2)c1. The number of aryl methyl sites for hydroxylation is 1. The summed E-state index contributed by atoms with van der Waals surface area (Å²) >= 11 is 0. The van der Waals surface area contributed by atoms with Crippen molar-refractivity contribution in [1.29, 1.82) is 0 Å². The average Bonchev–Trinajstić information content (AvgIpc) is 2.70. The molecule has 2 N–H and O–H groups in total. The third kappa shape index (κ3) is 6.13. The van der Waals surface area contributed by atoms with Crippen molar-refractivity contribution in [3.63, 3.8) is 0 Å². The summed E-state index contributed by atoms with van der Waals surface area (Å²) in [6.45, 7) is 2.03. The summed E-state index contributed by atoms with van der Waals surface area (Å²) in [6, 6.07) is 14.9. The number of nitrogens with one attached hydrogen (secondary N) is 2. The number of alkyl halides is 3. The Morgan fingerprint density at radius 2 is 1.77 bits per heavy atom. The van der Waals surface area contributed by atoms with Gasteiger partial charge in [0, 0.05) is 11.9 Å². The molecule has 9 heteroatoms. The quantitative estimate of drug-likeness (QED) is 0.518. The predicted octanol–water partition coefficient (Wildman–Crippen LogP) is 5.98. The number of halogens is 3. The molecule has 0 saturated carbocycles. The van der Waals surface area contributed by atoms with E-state index in [1.54, 1.807) is 18.2 Å². The molecule has 1 aromatic heterocycles. The zero-order valence-corrected chi connectivity index (χ0v) is 15.9. The molecule has 0 saturated heterocycles. The van der Waals surface area contributed by atoms with Gasteiger partial charge in [0.2, 0.25) is 5.88 Å². The Labute approximate surface area is 170 Å². The first-order valence-corrected chi connectivity index (χ1v) is 8.98. The predicted molar refractivity (Wildman–Crippen MR) is 106 cm³/mol. The van der Waals surface area contributed by atoms with Gasteiger partial charge in [0.05, 0.1) is 0 Å². The summed E-state index contributed by atoms with van der Waals surface area (Å²) < 4.78 is 46.2. The molecule has 3 rings (SSSR count). The van der Waals surface area contributed by atoms with Crippen molar-refractivity contribution in [2.45, 2.75) is 19.7 Å². The Hall–Kier alpha value is -3.75. The van der Waals surface area contributed by atoms with Gasteiger partial charge in [0.1, 0.15) is 17.2 Å². The second-order valence-corrected chi connectivity index (χ2v) is 6.11. The number of amides is 2. The molecule has 30 heavy (non-hydrogen) atoms. The molecule has 0 aliphatic rings. The minimum atomic E-state index is -4.78. The maximum absolute atomic E-state index is 12.3. The third-order valence-electron chi connectivity index (χ3n) is 3.89. The molecule has 0 unspecified atom stereocenters. The highest BCUT2D eigenvalue weighted by Crippen LogP contribution is 2.28. The van der Waals surface area contributed by atoms with Gasteiger partial charge in [0.25, 0.3) is 0 Å². The summed E-state index contributed by atoms with van der Waals surface area (Å²) in [4.78, 5) is 16.4. The maximum atomic E-state index is 12.3. The van der Waals surface area contributed by atoms with Crippen LogP contribution in [-0.4, -0.2) is 17.4 Å². The molecule has 156 valence electrons. The standard InChI is InChI=1S/C21H18F3N3O3/c1-2-14-5-3-6-17(13-14)29-19-18(7-4-12-25-19)27-20(28)26-15-8-10-16(11-9-15)30-21(22,23)24/h3-13H,2H2,1H3,(H2,26,27,28). The molecule has 1 heterocycles. The van der Waals surface area contributed by atoms with E-state index in [1.165, 1.54) is 18.3 Å². The summed E-state index contributed by atoms with van der Waals surface area (Å²) in [5.41, 5.74) is 1.70. The van der Waals surface area contributed by atoms with Crippen LogP contribution in [0.4, 0.5) is 29.3 Å². The van der Waals surface area contributed by atoms with Crippen molar-refractivity contribution in [1.82, 2.24) is 4.98 Å². The first-order chi connectivity index (χ1) is 14.3. The smallest absolute Gasteiger partial charge is 0.437 e. The second-order valence-electron chi connectivity index (χ2n) is 6.11. The first kappa shape index (κ1) is 21.0. The van der Waals surface area contributed by atoms with Crippen LogP contribution >= 0.6 is 0 Å². The second kappa shape index (κ2) is 9.17. The van der Waals surface area contributed by atoms with Crippen LogP contribution in [0.3, 0.4) is 0 Å². The van der Waals surface area contributed by atoms with Gasteiger partial charge in [-0.2, -0.15) is 0 Å². The van der Waals surface area contributed by atoms with Crippen LogP contribution in [0, 0.1) is 0 Å². The van der Waals surface area contributed by atoms with Gasteiger partial charge in [-0.15, -0.1) is 13.2 Å². The lowest BCUT2D eigenvalue weighted by Gasteiger charge is -2.13. The number of anilines is 2. The van der Waals surface area contributed by atoms with Crippen LogP contribution in [-0.2, 0) is 6.42 Å². The van der Waals surface area contributed by atoms with Crippen LogP contribution in [0.5, 0.6) is 17.4 Å². The van der Waals surface area contributed by atoms with Crippen molar-refractivity contribution >= 4 is 17.4 Å². The molecule has 3 aromatic rings. The molecular weight excluding hydrogens is 399 g/mol. The lowest BCUT2D eigenvalue weighted by atomic mass is 10.2. The van der Waals surface area contributed by atoms with E-state index in [1.807, 2.05) is 25.1 Å². The normalized spacial score (nSPS) is 10.9. The fourth-order valence-corrected chi connectivity index (χ4v) is 2.53. The zero-order chi connectivity index (χ0) is 21.6. The van der Waals surface area contributed by atoms with Crippen molar-refractivity contribution in [3.8, 4) is 17.4 Å². The Morgan fingerprint density at radius 1 is 1.00 bits per heavy atom. The molecule has 0 aliphatic heterocycles. The van der Waals surface area contributed by atoms with E-state index >= 15 is 0 Å². The molecule has 0 spiro atoms. The molecule has 0 atom stereocenters. The molecule has 6 nitrogen and oxygen atoms in total. The van der Waals surface area contributed by atoms with E-state index in [2.05, 4.69) is 20.4 Å². The van der Waals surface area contributed by atoms with Crippen LogP contribution in [0.15, 0.2) is 66.9 Å². The van der Waals surface area contributed by atoms with E-state index in [4.69, 9.17) is 4.74 Å². The Balaban J connectivity index is 1.65. The van der Waals surface area contributed by atoms with Crippen LogP contribution in [0.1, 0.15) is 12.5 Å². The highest BCUT2D eigenvalue weighted by atomic mass is 19.4. The molecule has 2 aromatic carbocycles. The van der Waals surface area contributed by atoms with Gasteiger partial charge in [0.15, 0.2) is 0 Å². The summed E-state index contributed by atoms with van der Waals surface area (Å²) in [5, 5.41) is 5.13. The van der Waals surface area contributed by atoms with Gasteiger partial charge < -0.3 is 20.1 Å². The number of carbonyl (C=O) groups is 1. The number of pyridine rings is 1. The van der Waals surface area contributed by atoms with Crippen molar-refractivity contribution < 1.29 is 27.4 Å². The van der Waals surface area contributed by atoms with E-state index in [0.717, 1.165) is 24.1 Å². The molecule has 2 amide bonds. The number of ether oxygens (including phenoxy) is 2. The summed E-state index contributed by atoms with van der Waals surface area (Å²) in [6.07, 6.45) is -2.40. The molecule has 0 aliphatic carbocycles. The number of benzene rings is 2. The zero-order valence-electron chi connectivity index (χ0n) is 15.9. The highest BCUT2D eigenvalue weighted by Gasteiger charge is 2.30. The first-order valence-electron chi connectivity index (χ1n) is 8.98. The minimum absolute atomic E-state index is 0.204. The number of urea groups is 1. The van der Waals surface area contributed by atoms with E-state index in [0.29, 0.717) is 11.4 Å². The summed E-state index contributed by atoms with van der Waals surface area (Å²) in [7, 11) is 0. The van der Waals surface area contributed by atoms with E-state index < -0.39 is 12.4 Å². The third-order valence-corrected chi connectivity index (χ3v) is 3.89. The fraction of sp³-hybridized carbons (Fsp3) is 0.143. The highest BCUT2D eigenvalue weighted by molar-refractivity contribution is 6.00.